The molecule has 2 unspecified atom stereocenters. The average Bonchev–Trinajstić information content (AvgIpc) is 2.68. The van der Waals surface area contributed by atoms with Crippen LogP contribution in [0.4, 0.5) is 0 Å². The summed E-state index contributed by atoms with van der Waals surface area (Å²) in [4.78, 5) is 12.8. The van der Waals surface area contributed by atoms with Crippen molar-refractivity contribution < 1.29 is 4.74 Å². The lowest BCUT2D eigenvalue weighted by Gasteiger charge is -2.37. The lowest BCUT2D eigenvalue weighted by Crippen LogP contribution is -2.46. The van der Waals surface area contributed by atoms with Crippen molar-refractivity contribution in [1.29, 1.82) is 5.26 Å². The number of aryl methyl sites for hydroxylation is 1. The van der Waals surface area contributed by atoms with Crippen LogP contribution in [0.5, 0.6) is 0 Å². The zero-order valence-electron chi connectivity index (χ0n) is 15.7. The standard InChI is InChI=1S/C20H29N3O2S/c1-3-14-4-9-17(10-5-14)25-13-19-18(22-26-2)11-8-16-7-6-15(12-21)20(24)23(16)19/h6-7,14,17-19,22H,3-5,8-11,13H2,1-2H3. The van der Waals surface area contributed by atoms with Gasteiger partial charge in [0.15, 0.2) is 0 Å². The van der Waals surface area contributed by atoms with Gasteiger partial charge in [-0.3, -0.25) is 9.52 Å². The molecular weight excluding hydrogens is 346 g/mol. The maximum absolute atomic E-state index is 12.8. The Bertz CT molecular complexity index is 704. The molecule has 1 saturated carbocycles. The topological polar surface area (TPSA) is 67.0 Å². The summed E-state index contributed by atoms with van der Waals surface area (Å²) in [5.41, 5.74) is 1.05. The van der Waals surface area contributed by atoms with Crippen LogP contribution >= 0.6 is 11.9 Å². The fourth-order valence-corrected chi connectivity index (χ4v) is 4.92. The summed E-state index contributed by atoms with van der Waals surface area (Å²) in [5, 5.41) is 9.24. The van der Waals surface area contributed by atoms with Crippen molar-refractivity contribution in [1.82, 2.24) is 9.29 Å². The lowest BCUT2D eigenvalue weighted by atomic mass is 9.86. The van der Waals surface area contributed by atoms with Gasteiger partial charge in [-0.15, -0.1) is 0 Å². The highest BCUT2D eigenvalue weighted by atomic mass is 32.2. The molecule has 3 rings (SSSR count). The smallest absolute Gasteiger partial charge is 0.269 e. The van der Waals surface area contributed by atoms with Crippen molar-refractivity contribution in [3.05, 3.63) is 33.7 Å². The third-order valence-corrected chi connectivity index (χ3v) is 6.51. The molecule has 5 nitrogen and oxygen atoms in total. The minimum Gasteiger partial charge on any atom is -0.376 e. The minimum absolute atomic E-state index is 0.0594. The monoisotopic (exact) mass is 375 g/mol. The highest BCUT2D eigenvalue weighted by Crippen LogP contribution is 2.30. The number of pyridine rings is 1. The van der Waals surface area contributed by atoms with E-state index in [0.29, 0.717) is 12.7 Å². The quantitative estimate of drug-likeness (QED) is 0.772. The number of ether oxygens (including phenoxy) is 1. The Kier molecular flexibility index (Phi) is 6.80. The van der Waals surface area contributed by atoms with Crippen LogP contribution in [0.3, 0.4) is 0 Å². The van der Waals surface area contributed by atoms with Crippen molar-refractivity contribution >= 4 is 11.9 Å². The van der Waals surface area contributed by atoms with E-state index in [4.69, 9.17) is 4.74 Å². The first kappa shape index (κ1) is 19.5. The molecule has 142 valence electrons. The first-order chi connectivity index (χ1) is 12.7. The summed E-state index contributed by atoms with van der Waals surface area (Å²) in [6.45, 7) is 2.80. The summed E-state index contributed by atoms with van der Waals surface area (Å²) in [6, 6.07) is 5.73. The van der Waals surface area contributed by atoms with Gasteiger partial charge in [-0.2, -0.15) is 5.26 Å². The van der Waals surface area contributed by atoms with E-state index in [1.807, 2.05) is 23.0 Å². The summed E-state index contributed by atoms with van der Waals surface area (Å²) >= 11 is 1.58. The molecule has 1 N–H and O–H groups in total. The van der Waals surface area contributed by atoms with E-state index in [1.54, 1.807) is 18.0 Å². The fraction of sp³-hybridized carbons (Fsp3) is 0.700. The van der Waals surface area contributed by atoms with Crippen LogP contribution in [0.1, 0.15) is 62.7 Å². The van der Waals surface area contributed by atoms with Crippen molar-refractivity contribution in [2.45, 2.75) is 70.1 Å². The number of nitrogens with one attached hydrogen (secondary N) is 1. The molecule has 6 heteroatoms. The average molecular weight is 376 g/mol. The van der Waals surface area contributed by atoms with Crippen molar-refractivity contribution in [3.63, 3.8) is 0 Å². The number of hydrogen-bond acceptors (Lipinski definition) is 5. The molecule has 1 fully saturated rings. The Balaban J connectivity index is 1.77. The van der Waals surface area contributed by atoms with Gasteiger partial charge < -0.3 is 9.30 Å². The molecule has 2 atom stereocenters. The summed E-state index contributed by atoms with van der Waals surface area (Å²) in [5.74, 6) is 0.844. The highest BCUT2D eigenvalue weighted by molar-refractivity contribution is 7.96. The van der Waals surface area contributed by atoms with E-state index >= 15 is 0 Å². The molecule has 0 aromatic carbocycles. The Morgan fingerprint density at radius 1 is 1.31 bits per heavy atom. The molecule has 1 aliphatic carbocycles. The number of nitriles is 1. The van der Waals surface area contributed by atoms with Crippen LogP contribution in [0.25, 0.3) is 0 Å². The van der Waals surface area contributed by atoms with Gasteiger partial charge in [0, 0.05) is 11.7 Å². The molecule has 1 aromatic heterocycles. The fourth-order valence-electron chi connectivity index (χ4n) is 4.34. The van der Waals surface area contributed by atoms with E-state index in [-0.39, 0.29) is 23.2 Å². The third kappa shape index (κ3) is 4.16. The Morgan fingerprint density at radius 2 is 2.08 bits per heavy atom. The molecule has 1 aliphatic heterocycles. The Labute approximate surface area is 160 Å². The van der Waals surface area contributed by atoms with Crippen LogP contribution in [-0.2, 0) is 11.2 Å². The van der Waals surface area contributed by atoms with Crippen LogP contribution in [0.2, 0.25) is 0 Å². The van der Waals surface area contributed by atoms with Gasteiger partial charge in [-0.1, -0.05) is 25.3 Å². The van der Waals surface area contributed by atoms with Crippen molar-refractivity contribution in [2.24, 2.45) is 5.92 Å². The molecule has 2 aliphatic rings. The lowest BCUT2D eigenvalue weighted by molar-refractivity contribution is -0.00677. The van der Waals surface area contributed by atoms with Gasteiger partial charge in [0.05, 0.1) is 18.8 Å². The van der Waals surface area contributed by atoms with Gasteiger partial charge in [0.1, 0.15) is 11.6 Å². The second-order valence-electron chi connectivity index (χ2n) is 7.44. The normalized spacial score (nSPS) is 28.3. The van der Waals surface area contributed by atoms with Gasteiger partial charge in [-0.05, 0) is 62.8 Å². The van der Waals surface area contributed by atoms with Gasteiger partial charge >= 0.3 is 0 Å². The van der Waals surface area contributed by atoms with Gasteiger partial charge in [0.25, 0.3) is 5.56 Å². The summed E-state index contributed by atoms with van der Waals surface area (Å²) in [6.07, 6.45) is 10.1. The van der Waals surface area contributed by atoms with E-state index in [1.165, 1.54) is 19.3 Å². The number of rotatable bonds is 6. The molecule has 0 saturated heterocycles. The maximum atomic E-state index is 12.8. The molecule has 0 spiro atoms. The second-order valence-corrected chi connectivity index (χ2v) is 8.09. The number of fused-ring (bicyclic) bond motifs is 1. The van der Waals surface area contributed by atoms with Gasteiger partial charge in [0.2, 0.25) is 0 Å². The maximum Gasteiger partial charge on any atom is 0.269 e. The van der Waals surface area contributed by atoms with Crippen LogP contribution in [0, 0.1) is 17.2 Å². The van der Waals surface area contributed by atoms with E-state index in [0.717, 1.165) is 37.3 Å². The van der Waals surface area contributed by atoms with Crippen LogP contribution in [-0.4, -0.2) is 29.6 Å². The summed E-state index contributed by atoms with van der Waals surface area (Å²) < 4.78 is 11.5. The van der Waals surface area contributed by atoms with E-state index in [9.17, 15) is 10.1 Å². The molecule has 1 aromatic rings. The zero-order chi connectivity index (χ0) is 18.5. The SMILES string of the molecule is CCC1CCC(OCC2C(NSC)CCc3ccc(C#N)c(=O)n32)CC1. The molecule has 0 radical (unpaired) electrons. The van der Waals surface area contributed by atoms with Crippen LogP contribution < -0.4 is 10.3 Å². The van der Waals surface area contributed by atoms with Crippen LogP contribution in [0.15, 0.2) is 16.9 Å². The summed E-state index contributed by atoms with van der Waals surface area (Å²) in [7, 11) is 0. The predicted molar refractivity (Wildman–Crippen MR) is 105 cm³/mol. The molecule has 2 heterocycles. The largest absolute Gasteiger partial charge is 0.376 e. The van der Waals surface area contributed by atoms with E-state index in [2.05, 4.69) is 11.6 Å². The first-order valence-corrected chi connectivity index (χ1v) is 10.9. The Morgan fingerprint density at radius 3 is 2.73 bits per heavy atom. The molecular formula is C20H29N3O2S. The number of aromatic nitrogens is 1. The Hall–Kier alpha value is -1.29. The third-order valence-electron chi connectivity index (χ3n) is 5.97. The molecule has 0 bridgehead atoms. The second kappa shape index (κ2) is 9.07. The molecule has 26 heavy (non-hydrogen) atoms. The number of nitrogens with zero attached hydrogens (tertiary/aromatic N) is 2. The molecule has 0 amide bonds. The van der Waals surface area contributed by atoms with Crippen molar-refractivity contribution in [2.75, 3.05) is 12.9 Å². The van der Waals surface area contributed by atoms with Crippen molar-refractivity contribution in [3.8, 4) is 6.07 Å². The van der Waals surface area contributed by atoms with E-state index < -0.39 is 0 Å². The van der Waals surface area contributed by atoms with Gasteiger partial charge in [-0.25, -0.2) is 0 Å². The predicted octanol–water partition coefficient (Wildman–Crippen LogP) is 3.43. The first-order valence-electron chi connectivity index (χ1n) is 9.72. The zero-order valence-corrected chi connectivity index (χ0v) is 16.6. The number of hydrogen-bond donors (Lipinski definition) is 1. The highest BCUT2D eigenvalue weighted by Gasteiger charge is 2.32. The minimum atomic E-state index is -0.180.